The normalized spacial score (nSPS) is 11.5. The summed E-state index contributed by atoms with van der Waals surface area (Å²) in [4.78, 5) is 15.8. The maximum Gasteiger partial charge on any atom is 0.363 e. The Morgan fingerprint density at radius 3 is 3.12 bits per heavy atom. The highest BCUT2D eigenvalue weighted by Crippen LogP contribution is 2.10. The molecule has 0 spiro atoms. The molecule has 0 saturated heterocycles. The number of hydrazone groups is 1. The predicted molar refractivity (Wildman–Crippen MR) is 67.5 cm³/mol. The molecule has 7 heteroatoms. The molecule has 88 valence electrons. The molecule has 0 aromatic carbocycles. The third-order valence-electron chi connectivity index (χ3n) is 2.08. The van der Waals surface area contributed by atoms with Gasteiger partial charge in [0.1, 0.15) is 5.69 Å². The molecule has 0 aliphatic rings. The SMILES string of the molecule is C/C(=N/Nc1nc(=O)[nH]nc1C)c1cccs1. The number of anilines is 1. The summed E-state index contributed by atoms with van der Waals surface area (Å²) in [7, 11) is 0. The third kappa shape index (κ3) is 2.76. The van der Waals surface area contributed by atoms with E-state index in [9.17, 15) is 4.79 Å². The van der Waals surface area contributed by atoms with Gasteiger partial charge < -0.3 is 0 Å². The van der Waals surface area contributed by atoms with Crippen LogP contribution in [-0.2, 0) is 0 Å². The van der Waals surface area contributed by atoms with Crippen LogP contribution in [0.3, 0.4) is 0 Å². The highest BCUT2D eigenvalue weighted by atomic mass is 32.1. The molecular formula is C10H11N5OS. The van der Waals surface area contributed by atoms with Crippen LogP contribution in [-0.4, -0.2) is 20.9 Å². The summed E-state index contributed by atoms with van der Waals surface area (Å²) in [6, 6.07) is 3.93. The van der Waals surface area contributed by atoms with Crippen molar-refractivity contribution in [2.45, 2.75) is 13.8 Å². The number of H-pyrrole nitrogens is 1. The van der Waals surface area contributed by atoms with E-state index in [2.05, 4.69) is 25.7 Å². The Morgan fingerprint density at radius 1 is 1.59 bits per heavy atom. The summed E-state index contributed by atoms with van der Waals surface area (Å²) in [6.07, 6.45) is 0. The molecule has 0 aliphatic heterocycles. The molecule has 6 nitrogen and oxygen atoms in total. The Bertz CT molecular complexity index is 587. The summed E-state index contributed by atoms with van der Waals surface area (Å²) in [5.41, 5.74) is 3.67. The van der Waals surface area contributed by atoms with Crippen LogP contribution in [0.15, 0.2) is 27.4 Å². The monoisotopic (exact) mass is 249 g/mol. The molecule has 0 fully saturated rings. The lowest BCUT2D eigenvalue weighted by atomic mass is 10.3. The molecule has 2 aromatic rings. The fourth-order valence-electron chi connectivity index (χ4n) is 1.17. The van der Waals surface area contributed by atoms with Gasteiger partial charge in [0.2, 0.25) is 0 Å². The van der Waals surface area contributed by atoms with Crippen molar-refractivity contribution < 1.29 is 0 Å². The number of thiophene rings is 1. The fourth-order valence-corrected chi connectivity index (χ4v) is 1.85. The van der Waals surface area contributed by atoms with Gasteiger partial charge in [0.25, 0.3) is 0 Å². The fraction of sp³-hybridized carbons (Fsp3) is 0.200. The Kier molecular flexibility index (Phi) is 3.29. The molecule has 0 bridgehead atoms. The average molecular weight is 249 g/mol. The number of hydrogen-bond donors (Lipinski definition) is 2. The van der Waals surface area contributed by atoms with Crippen molar-refractivity contribution in [2.75, 3.05) is 5.43 Å². The molecule has 0 aliphatic carbocycles. The summed E-state index contributed by atoms with van der Waals surface area (Å²) < 4.78 is 0. The number of nitrogens with one attached hydrogen (secondary N) is 2. The maximum atomic E-state index is 11.0. The van der Waals surface area contributed by atoms with Gasteiger partial charge in [0, 0.05) is 4.88 Å². The van der Waals surface area contributed by atoms with Crippen LogP contribution in [0.1, 0.15) is 17.5 Å². The van der Waals surface area contributed by atoms with Gasteiger partial charge >= 0.3 is 5.69 Å². The zero-order chi connectivity index (χ0) is 12.3. The summed E-state index contributed by atoms with van der Waals surface area (Å²) >= 11 is 1.60. The van der Waals surface area contributed by atoms with Crippen molar-refractivity contribution >= 4 is 22.9 Å². The lowest BCUT2D eigenvalue weighted by molar-refractivity contribution is 0.879. The largest absolute Gasteiger partial charge is 0.363 e. The first-order chi connectivity index (χ1) is 8.16. The highest BCUT2D eigenvalue weighted by molar-refractivity contribution is 7.12. The van der Waals surface area contributed by atoms with Crippen LogP contribution >= 0.6 is 11.3 Å². The highest BCUT2D eigenvalue weighted by Gasteiger charge is 2.02. The maximum absolute atomic E-state index is 11.0. The van der Waals surface area contributed by atoms with Gasteiger partial charge in [0.15, 0.2) is 5.82 Å². The molecule has 2 N–H and O–H groups in total. The summed E-state index contributed by atoms with van der Waals surface area (Å²) in [6.45, 7) is 3.62. The lowest BCUT2D eigenvalue weighted by Crippen LogP contribution is -2.16. The Morgan fingerprint density at radius 2 is 2.41 bits per heavy atom. The van der Waals surface area contributed by atoms with E-state index in [0.717, 1.165) is 10.6 Å². The topological polar surface area (TPSA) is 83.0 Å². The first-order valence-corrected chi connectivity index (χ1v) is 5.82. The van der Waals surface area contributed by atoms with Gasteiger partial charge in [-0.15, -0.1) is 11.3 Å². The minimum Gasteiger partial charge on any atom is -0.259 e. The molecule has 0 radical (unpaired) electrons. The molecule has 0 atom stereocenters. The number of rotatable bonds is 3. The van der Waals surface area contributed by atoms with Crippen molar-refractivity contribution in [3.63, 3.8) is 0 Å². The Labute approximate surface area is 101 Å². The minimum absolute atomic E-state index is 0.365. The Hall–Kier alpha value is -2.02. The summed E-state index contributed by atoms with van der Waals surface area (Å²) in [5, 5.41) is 12.2. The second-order valence-electron chi connectivity index (χ2n) is 3.36. The summed E-state index contributed by atoms with van der Waals surface area (Å²) in [5.74, 6) is 0.365. The van der Waals surface area contributed by atoms with Crippen LogP contribution < -0.4 is 11.1 Å². The zero-order valence-corrected chi connectivity index (χ0v) is 10.2. The molecule has 0 unspecified atom stereocenters. The lowest BCUT2D eigenvalue weighted by Gasteiger charge is -2.02. The standard InChI is InChI=1S/C10H11N5OS/c1-6(8-4-3-5-17-8)12-14-9-7(2)13-15-10(16)11-9/h3-5H,1-2H3,(H2,11,14,15,16)/b12-6-. The third-order valence-corrected chi connectivity index (χ3v) is 3.06. The van der Waals surface area contributed by atoms with E-state index in [1.54, 1.807) is 18.3 Å². The molecular weight excluding hydrogens is 238 g/mol. The van der Waals surface area contributed by atoms with E-state index in [1.165, 1.54) is 0 Å². The van der Waals surface area contributed by atoms with Gasteiger partial charge in [-0.05, 0) is 25.3 Å². The van der Waals surface area contributed by atoms with Gasteiger partial charge in [0.05, 0.1) is 5.71 Å². The van der Waals surface area contributed by atoms with Crippen LogP contribution in [0.4, 0.5) is 5.82 Å². The van der Waals surface area contributed by atoms with E-state index in [0.29, 0.717) is 11.5 Å². The number of aromatic nitrogens is 3. The van der Waals surface area contributed by atoms with Crippen molar-refractivity contribution in [2.24, 2.45) is 5.10 Å². The van der Waals surface area contributed by atoms with Crippen LogP contribution in [0, 0.1) is 6.92 Å². The van der Waals surface area contributed by atoms with E-state index < -0.39 is 5.69 Å². The average Bonchev–Trinajstić information content (AvgIpc) is 2.83. The van der Waals surface area contributed by atoms with Gasteiger partial charge in [-0.3, -0.25) is 5.43 Å². The molecule has 2 heterocycles. The number of nitrogens with zero attached hydrogens (tertiary/aromatic N) is 3. The second-order valence-corrected chi connectivity index (χ2v) is 4.31. The zero-order valence-electron chi connectivity index (χ0n) is 9.39. The van der Waals surface area contributed by atoms with Crippen molar-refractivity contribution in [3.8, 4) is 0 Å². The van der Waals surface area contributed by atoms with E-state index in [4.69, 9.17) is 0 Å². The molecule has 2 rings (SSSR count). The van der Waals surface area contributed by atoms with Crippen LogP contribution in [0.2, 0.25) is 0 Å². The second kappa shape index (κ2) is 4.88. The van der Waals surface area contributed by atoms with Crippen molar-refractivity contribution in [1.29, 1.82) is 0 Å². The van der Waals surface area contributed by atoms with Gasteiger partial charge in [-0.2, -0.15) is 15.2 Å². The van der Waals surface area contributed by atoms with Crippen molar-refractivity contribution in [3.05, 3.63) is 38.6 Å². The van der Waals surface area contributed by atoms with Crippen LogP contribution in [0.25, 0.3) is 0 Å². The van der Waals surface area contributed by atoms with Crippen molar-refractivity contribution in [1.82, 2.24) is 15.2 Å². The first kappa shape index (κ1) is 11.5. The first-order valence-electron chi connectivity index (χ1n) is 4.94. The van der Waals surface area contributed by atoms with Gasteiger partial charge in [-0.1, -0.05) is 6.07 Å². The molecule has 0 saturated carbocycles. The quantitative estimate of drug-likeness (QED) is 0.635. The van der Waals surface area contributed by atoms with Crippen LogP contribution in [0.5, 0.6) is 0 Å². The predicted octanol–water partition coefficient (Wildman–Crippen LogP) is 1.37. The smallest absolute Gasteiger partial charge is 0.259 e. The number of aromatic amines is 1. The van der Waals surface area contributed by atoms with E-state index in [1.807, 2.05) is 24.4 Å². The molecule has 2 aromatic heterocycles. The molecule has 17 heavy (non-hydrogen) atoms. The molecule has 0 amide bonds. The van der Waals surface area contributed by atoms with E-state index >= 15 is 0 Å². The van der Waals surface area contributed by atoms with E-state index in [-0.39, 0.29) is 0 Å². The number of hydrogen-bond acceptors (Lipinski definition) is 6. The van der Waals surface area contributed by atoms with Gasteiger partial charge in [-0.25, -0.2) is 9.89 Å². The minimum atomic E-state index is -0.498. The number of aryl methyl sites for hydroxylation is 1. The Balaban J connectivity index is 2.19.